The minimum absolute atomic E-state index is 0.162. The van der Waals surface area contributed by atoms with Gasteiger partial charge in [0.15, 0.2) is 0 Å². The van der Waals surface area contributed by atoms with Crippen LogP contribution in [0.5, 0.6) is 0 Å². The topological polar surface area (TPSA) is 44.4 Å². The third kappa shape index (κ3) is 3.42. The number of carbonyl (C=O) groups is 1. The maximum Gasteiger partial charge on any atom is 0.322 e. The van der Waals surface area contributed by atoms with E-state index in [0.29, 0.717) is 13.1 Å². The zero-order valence-electron chi connectivity index (χ0n) is 13.9. The third-order valence-corrected chi connectivity index (χ3v) is 4.75. The Morgan fingerprint density at radius 1 is 1.08 bits per heavy atom. The van der Waals surface area contributed by atoms with Crippen LogP contribution < -0.4 is 10.6 Å². The summed E-state index contributed by atoms with van der Waals surface area (Å²) in [4.78, 5) is 14.1. The van der Waals surface area contributed by atoms with Crippen LogP contribution in [0.1, 0.15) is 23.1 Å². The average Bonchev–Trinajstić information content (AvgIpc) is 3.06. The number of rotatable bonds is 2. The Morgan fingerprint density at radius 3 is 2.64 bits per heavy atom. The first-order valence-electron chi connectivity index (χ1n) is 8.52. The molecule has 2 aromatic carbocycles. The molecule has 2 aromatic rings. The maximum atomic E-state index is 13.3. The van der Waals surface area contributed by atoms with Crippen molar-refractivity contribution in [3.05, 3.63) is 71.0 Å². The van der Waals surface area contributed by atoms with Crippen LogP contribution in [0.2, 0.25) is 0 Å². The van der Waals surface area contributed by atoms with Crippen LogP contribution in [0.25, 0.3) is 5.57 Å². The first-order valence-corrected chi connectivity index (χ1v) is 8.52. The molecule has 5 heteroatoms. The van der Waals surface area contributed by atoms with Gasteiger partial charge in [-0.3, -0.25) is 0 Å². The summed E-state index contributed by atoms with van der Waals surface area (Å²) in [5.41, 5.74) is 5.19. The average molecular weight is 337 g/mol. The van der Waals surface area contributed by atoms with Crippen molar-refractivity contribution in [1.82, 2.24) is 10.2 Å². The Hall–Kier alpha value is -2.66. The maximum absolute atomic E-state index is 13.3. The third-order valence-electron chi connectivity index (χ3n) is 4.75. The lowest BCUT2D eigenvalue weighted by atomic mass is 10.0. The number of hydrogen-bond donors (Lipinski definition) is 2. The van der Waals surface area contributed by atoms with Gasteiger partial charge in [-0.25, -0.2) is 9.18 Å². The highest BCUT2D eigenvalue weighted by Crippen LogP contribution is 2.25. The monoisotopic (exact) mass is 337 g/mol. The standard InChI is InChI=1S/C20H20FN3O/c21-18-4-1-16-12-24(13-17(16)11-18)20(25)23-19-5-2-14(3-6-19)15-7-9-22-10-8-15/h1-7,11,22H,8-10,12-13H2,(H,23,25). The largest absolute Gasteiger partial charge is 0.322 e. The van der Waals surface area contributed by atoms with Crippen molar-refractivity contribution in [2.75, 3.05) is 18.4 Å². The zero-order chi connectivity index (χ0) is 17.2. The van der Waals surface area contributed by atoms with Crippen LogP contribution in [-0.2, 0) is 13.1 Å². The van der Waals surface area contributed by atoms with E-state index in [1.165, 1.54) is 23.3 Å². The summed E-state index contributed by atoms with van der Waals surface area (Å²) in [6.45, 7) is 2.86. The van der Waals surface area contributed by atoms with E-state index < -0.39 is 0 Å². The van der Waals surface area contributed by atoms with Crippen LogP contribution in [0, 0.1) is 5.82 Å². The van der Waals surface area contributed by atoms with E-state index in [-0.39, 0.29) is 11.8 Å². The summed E-state index contributed by atoms with van der Waals surface area (Å²) in [6, 6.07) is 12.5. The first kappa shape index (κ1) is 15.8. The van der Waals surface area contributed by atoms with Crippen LogP contribution >= 0.6 is 0 Å². The molecule has 4 nitrogen and oxygen atoms in total. The van der Waals surface area contributed by atoms with Gasteiger partial charge in [0.25, 0.3) is 0 Å². The number of benzene rings is 2. The lowest BCUT2D eigenvalue weighted by Crippen LogP contribution is -2.30. The molecule has 0 aliphatic carbocycles. The normalized spacial score (nSPS) is 16.4. The lowest BCUT2D eigenvalue weighted by Gasteiger charge is -2.17. The van der Waals surface area contributed by atoms with Crippen molar-refractivity contribution in [3.8, 4) is 0 Å². The molecule has 0 radical (unpaired) electrons. The Kier molecular flexibility index (Phi) is 4.24. The molecule has 2 N–H and O–H groups in total. The Bertz CT molecular complexity index is 829. The molecule has 0 bridgehead atoms. The summed E-state index contributed by atoms with van der Waals surface area (Å²) < 4.78 is 13.3. The summed E-state index contributed by atoms with van der Waals surface area (Å²) >= 11 is 0. The molecular weight excluding hydrogens is 317 g/mol. The predicted octanol–water partition coefficient (Wildman–Crippen LogP) is 3.75. The molecule has 2 heterocycles. The van der Waals surface area contributed by atoms with Crippen molar-refractivity contribution >= 4 is 17.3 Å². The van der Waals surface area contributed by atoms with Gasteiger partial charge in [0.2, 0.25) is 0 Å². The van der Waals surface area contributed by atoms with E-state index in [1.807, 2.05) is 24.3 Å². The summed E-state index contributed by atoms with van der Waals surface area (Å²) in [5.74, 6) is -0.260. The Morgan fingerprint density at radius 2 is 1.88 bits per heavy atom. The van der Waals surface area contributed by atoms with Crippen LogP contribution in [0.4, 0.5) is 14.9 Å². The van der Waals surface area contributed by atoms with E-state index in [1.54, 1.807) is 11.0 Å². The van der Waals surface area contributed by atoms with Gasteiger partial charge in [0.1, 0.15) is 5.82 Å². The van der Waals surface area contributed by atoms with Gasteiger partial charge < -0.3 is 15.5 Å². The fourth-order valence-electron chi connectivity index (χ4n) is 3.36. The van der Waals surface area contributed by atoms with Crippen molar-refractivity contribution < 1.29 is 9.18 Å². The summed E-state index contributed by atoms with van der Waals surface area (Å²) in [5, 5.41) is 6.23. The number of halogens is 1. The highest BCUT2D eigenvalue weighted by Gasteiger charge is 2.23. The van der Waals surface area contributed by atoms with Gasteiger partial charge in [0, 0.05) is 25.3 Å². The minimum atomic E-state index is -0.260. The molecule has 2 aliphatic rings. The molecule has 0 fully saturated rings. The number of carbonyl (C=O) groups excluding carboxylic acids is 1. The number of nitrogens with zero attached hydrogens (tertiary/aromatic N) is 1. The molecule has 0 saturated carbocycles. The molecule has 25 heavy (non-hydrogen) atoms. The van der Waals surface area contributed by atoms with E-state index in [4.69, 9.17) is 0 Å². The molecule has 0 spiro atoms. The van der Waals surface area contributed by atoms with E-state index in [0.717, 1.165) is 36.3 Å². The minimum Gasteiger partial charge on any atom is -0.316 e. The predicted molar refractivity (Wildman–Crippen MR) is 96.6 cm³/mol. The molecular formula is C20H20FN3O. The van der Waals surface area contributed by atoms with Gasteiger partial charge in [0.05, 0.1) is 0 Å². The highest BCUT2D eigenvalue weighted by molar-refractivity contribution is 5.90. The van der Waals surface area contributed by atoms with Crippen molar-refractivity contribution in [2.45, 2.75) is 19.5 Å². The van der Waals surface area contributed by atoms with Crippen LogP contribution in [-0.4, -0.2) is 24.0 Å². The van der Waals surface area contributed by atoms with Crippen LogP contribution in [0.15, 0.2) is 48.5 Å². The van der Waals surface area contributed by atoms with Gasteiger partial charge in [-0.1, -0.05) is 24.3 Å². The van der Waals surface area contributed by atoms with Gasteiger partial charge in [-0.2, -0.15) is 0 Å². The van der Waals surface area contributed by atoms with Gasteiger partial charge in [-0.05, 0) is 59.5 Å². The lowest BCUT2D eigenvalue weighted by molar-refractivity contribution is 0.212. The second-order valence-corrected chi connectivity index (χ2v) is 6.46. The second-order valence-electron chi connectivity index (χ2n) is 6.46. The quantitative estimate of drug-likeness (QED) is 0.876. The number of fused-ring (bicyclic) bond motifs is 1. The molecule has 2 aliphatic heterocycles. The molecule has 128 valence electrons. The number of nitrogens with one attached hydrogen (secondary N) is 2. The molecule has 0 unspecified atom stereocenters. The number of urea groups is 1. The van der Waals surface area contributed by atoms with E-state index >= 15 is 0 Å². The first-order chi connectivity index (χ1) is 12.2. The summed E-state index contributed by atoms with van der Waals surface area (Å²) in [7, 11) is 0. The molecule has 2 amide bonds. The SMILES string of the molecule is O=C(Nc1ccc(C2=CCNCC2)cc1)N1Cc2ccc(F)cc2C1. The molecule has 0 saturated heterocycles. The Balaban J connectivity index is 1.41. The van der Waals surface area contributed by atoms with Crippen LogP contribution in [0.3, 0.4) is 0 Å². The highest BCUT2D eigenvalue weighted by atomic mass is 19.1. The number of hydrogen-bond acceptors (Lipinski definition) is 2. The molecule has 0 aromatic heterocycles. The number of anilines is 1. The fourth-order valence-corrected chi connectivity index (χ4v) is 3.36. The second kappa shape index (κ2) is 6.69. The zero-order valence-corrected chi connectivity index (χ0v) is 13.9. The van der Waals surface area contributed by atoms with Gasteiger partial charge >= 0.3 is 6.03 Å². The fraction of sp³-hybridized carbons (Fsp3) is 0.250. The Labute approximate surface area is 146 Å². The van der Waals surface area contributed by atoms with E-state index in [9.17, 15) is 9.18 Å². The van der Waals surface area contributed by atoms with Crippen molar-refractivity contribution in [2.24, 2.45) is 0 Å². The van der Waals surface area contributed by atoms with E-state index in [2.05, 4.69) is 16.7 Å². The summed E-state index contributed by atoms with van der Waals surface area (Å²) in [6.07, 6.45) is 3.23. The van der Waals surface area contributed by atoms with Gasteiger partial charge in [-0.15, -0.1) is 0 Å². The van der Waals surface area contributed by atoms with Crippen molar-refractivity contribution in [1.29, 1.82) is 0 Å². The molecule has 0 atom stereocenters. The smallest absolute Gasteiger partial charge is 0.316 e. The number of amides is 2. The molecule has 4 rings (SSSR count). The van der Waals surface area contributed by atoms with Crippen molar-refractivity contribution in [3.63, 3.8) is 0 Å².